The minimum absolute atomic E-state index is 0.172. The molecular weight excluding hydrogens is 303 g/mol. The molecule has 2 aliphatic rings. The number of nitrogens with one attached hydrogen (secondary N) is 2. The van der Waals surface area contributed by atoms with E-state index in [1.807, 2.05) is 0 Å². The molecule has 0 saturated heterocycles. The van der Waals surface area contributed by atoms with Crippen molar-refractivity contribution in [3.63, 3.8) is 0 Å². The highest BCUT2D eigenvalue weighted by Gasteiger charge is 2.54. The van der Waals surface area contributed by atoms with Crippen molar-refractivity contribution in [2.24, 2.45) is 0 Å². The molecule has 2 amide bonds. The maximum atomic E-state index is 13.4. The van der Waals surface area contributed by atoms with Gasteiger partial charge in [0.25, 0.3) is 17.5 Å². The summed E-state index contributed by atoms with van der Waals surface area (Å²) in [6.07, 6.45) is 0. The Morgan fingerprint density at radius 2 is 2.04 bits per heavy atom. The van der Waals surface area contributed by atoms with Crippen LogP contribution in [0.25, 0.3) is 0 Å². The molecule has 2 aromatic rings. The van der Waals surface area contributed by atoms with Crippen LogP contribution >= 0.6 is 0 Å². The molecule has 1 spiro atoms. The fraction of sp³-hybridized carbons (Fsp3) is 0.125. The highest BCUT2D eigenvalue weighted by molar-refractivity contribution is 6.10. The Bertz CT molecular complexity index is 867. The quantitative estimate of drug-likeness (QED) is 0.841. The summed E-state index contributed by atoms with van der Waals surface area (Å²) in [4.78, 5) is 24.9. The molecule has 1 unspecified atom stereocenters. The lowest BCUT2D eigenvalue weighted by molar-refractivity contribution is -0.133. The summed E-state index contributed by atoms with van der Waals surface area (Å²) in [5.74, 6) is -1.06. The summed E-state index contributed by atoms with van der Waals surface area (Å²) in [5.41, 5.74) is -0.873. The van der Waals surface area contributed by atoms with Crippen LogP contribution in [-0.4, -0.2) is 18.9 Å². The average Bonchev–Trinajstić information content (AvgIpc) is 2.78. The number of carbonyl (C=O) groups is 2. The number of fused-ring (bicyclic) bond motifs is 3. The van der Waals surface area contributed by atoms with E-state index >= 15 is 0 Å². The van der Waals surface area contributed by atoms with Crippen LogP contribution in [0.3, 0.4) is 0 Å². The Balaban J connectivity index is 1.92. The number of hydrogen-bond acceptors (Lipinski definition) is 4. The molecule has 0 saturated carbocycles. The standard InChI is InChI=1S/C16H11FN2O4/c1-22-12-4-2-3-9-13(12)23-16(19-14(9)20)10-6-5-8(17)7-11(10)18-15(16)21/h2-7H,1H3,(H,18,21)(H,19,20). The van der Waals surface area contributed by atoms with E-state index in [4.69, 9.17) is 9.47 Å². The summed E-state index contributed by atoms with van der Waals surface area (Å²) >= 11 is 0. The molecular formula is C16H11FN2O4. The van der Waals surface area contributed by atoms with Gasteiger partial charge < -0.3 is 20.1 Å². The predicted octanol–water partition coefficient (Wildman–Crippen LogP) is 1.76. The van der Waals surface area contributed by atoms with Gasteiger partial charge >= 0.3 is 0 Å². The minimum atomic E-state index is -1.73. The van der Waals surface area contributed by atoms with Crippen molar-refractivity contribution in [2.45, 2.75) is 5.72 Å². The van der Waals surface area contributed by atoms with Gasteiger partial charge in [-0.2, -0.15) is 0 Å². The van der Waals surface area contributed by atoms with Crippen molar-refractivity contribution in [1.82, 2.24) is 5.32 Å². The molecule has 0 aromatic heterocycles. The van der Waals surface area contributed by atoms with Crippen LogP contribution in [0, 0.1) is 5.82 Å². The molecule has 0 fully saturated rings. The van der Waals surface area contributed by atoms with Crippen molar-refractivity contribution in [1.29, 1.82) is 0 Å². The summed E-state index contributed by atoms with van der Waals surface area (Å²) in [6.45, 7) is 0. The van der Waals surface area contributed by atoms with Gasteiger partial charge in [-0.15, -0.1) is 0 Å². The predicted molar refractivity (Wildman–Crippen MR) is 77.8 cm³/mol. The van der Waals surface area contributed by atoms with E-state index in [0.717, 1.165) is 0 Å². The van der Waals surface area contributed by atoms with Gasteiger partial charge in [0.2, 0.25) is 0 Å². The van der Waals surface area contributed by atoms with Gasteiger partial charge in [-0.3, -0.25) is 9.59 Å². The molecule has 2 aromatic carbocycles. The molecule has 4 rings (SSSR count). The third kappa shape index (κ3) is 1.73. The number of hydrogen-bond donors (Lipinski definition) is 2. The molecule has 0 radical (unpaired) electrons. The molecule has 2 aliphatic heterocycles. The van der Waals surface area contributed by atoms with Gasteiger partial charge in [0.15, 0.2) is 11.5 Å². The van der Waals surface area contributed by atoms with Crippen molar-refractivity contribution in [3.05, 3.63) is 53.3 Å². The number of ether oxygens (including phenoxy) is 2. The molecule has 0 aliphatic carbocycles. The first-order chi connectivity index (χ1) is 11.0. The van der Waals surface area contributed by atoms with Crippen LogP contribution in [0.2, 0.25) is 0 Å². The highest BCUT2D eigenvalue weighted by Crippen LogP contribution is 2.44. The number of halogens is 1. The van der Waals surface area contributed by atoms with E-state index in [2.05, 4.69) is 10.6 Å². The van der Waals surface area contributed by atoms with Crippen LogP contribution in [0.15, 0.2) is 36.4 Å². The lowest BCUT2D eigenvalue weighted by Crippen LogP contribution is -2.57. The van der Waals surface area contributed by atoms with Gasteiger partial charge in [-0.25, -0.2) is 4.39 Å². The van der Waals surface area contributed by atoms with Crippen LogP contribution in [0.1, 0.15) is 15.9 Å². The first kappa shape index (κ1) is 13.6. The van der Waals surface area contributed by atoms with Gasteiger partial charge in [0.1, 0.15) is 5.82 Å². The van der Waals surface area contributed by atoms with Gasteiger partial charge in [-0.1, -0.05) is 6.07 Å². The van der Waals surface area contributed by atoms with Crippen molar-refractivity contribution < 1.29 is 23.5 Å². The number of rotatable bonds is 1. The molecule has 2 heterocycles. The monoisotopic (exact) mass is 314 g/mol. The molecule has 6 nitrogen and oxygen atoms in total. The number of para-hydroxylation sites is 1. The average molecular weight is 314 g/mol. The molecule has 116 valence electrons. The second-order valence-electron chi connectivity index (χ2n) is 5.22. The number of carbonyl (C=O) groups excluding carboxylic acids is 2. The van der Waals surface area contributed by atoms with Crippen LogP contribution < -0.4 is 20.1 Å². The van der Waals surface area contributed by atoms with E-state index in [9.17, 15) is 14.0 Å². The van der Waals surface area contributed by atoms with Gasteiger partial charge in [0, 0.05) is 0 Å². The Morgan fingerprint density at radius 1 is 1.22 bits per heavy atom. The molecule has 0 bridgehead atoms. The second kappa shape index (κ2) is 4.45. The Morgan fingerprint density at radius 3 is 2.83 bits per heavy atom. The van der Waals surface area contributed by atoms with Crippen molar-refractivity contribution >= 4 is 17.5 Å². The third-order valence-corrected chi connectivity index (χ3v) is 3.92. The minimum Gasteiger partial charge on any atom is -0.493 e. The maximum absolute atomic E-state index is 13.4. The third-order valence-electron chi connectivity index (χ3n) is 3.92. The smallest absolute Gasteiger partial charge is 0.295 e. The summed E-state index contributed by atoms with van der Waals surface area (Å²) in [5, 5.41) is 5.10. The van der Waals surface area contributed by atoms with Crippen LogP contribution in [0.4, 0.5) is 10.1 Å². The topological polar surface area (TPSA) is 76.7 Å². The van der Waals surface area contributed by atoms with E-state index < -0.39 is 23.4 Å². The Hall–Kier alpha value is -3.09. The molecule has 1 atom stereocenters. The van der Waals surface area contributed by atoms with Gasteiger partial charge in [0.05, 0.1) is 23.9 Å². The van der Waals surface area contributed by atoms with Gasteiger partial charge in [-0.05, 0) is 30.3 Å². The summed E-state index contributed by atoms with van der Waals surface area (Å²) in [7, 11) is 1.44. The fourth-order valence-electron chi connectivity index (χ4n) is 2.85. The molecule has 2 N–H and O–H groups in total. The molecule has 23 heavy (non-hydrogen) atoms. The van der Waals surface area contributed by atoms with Crippen molar-refractivity contribution in [3.8, 4) is 11.5 Å². The zero-order valence-electron chi connectivity index (χ0n) is 12.0. The Labute approximate surface area is 130 Å². The zero-order chi connectivity index (χ0) is 16.2. The molecule has 7 heteroatoms. The van der Waals surface area contributed by atoms with Crippen molar-refractivity contribution in [2.75, 3.05) is 12.4 Å². The van der Waals surface area contributed by atoms with E-state index in [1.165, 1.54) is 25.3 Å². The SMILES string of the molecule is COc1cccc2c1OC1(NC2=O)C(=O)Nc2cc(F)ccc21. The first-order valence-electron chi connectivity index (χ1n) is 6.85. The lowest BCUT2D eigenvalue weighted by atomic mass is 10.00. The zero-order valence-corrected chi connectivity index (χ0v) is 12.0. The lowest BCUT2D eigenvalue weighted by Gasteiger charge is -2.34. The summed E-state index contributed by atoms with van der Waals surface area (Å²) < 4.78 is 24.4. The Kier molecular flexibility index (Phi) is 2.63. The van der Waals surface area contributed by atoms with E-state index in [1.54, 1.807) is 18.2 Å². The normalized spacial score (nSPS) is 21.1. The summed E-state index contributed by atoms with van der Waals surface area (Å²) in [6, 6.07) is 8.63. The maximum Gasteiger partial charge on any atom is 0.295 e. The highest BCUT2D eigenvalue weighted by atomic mass is 19.1. The first-order valence-corrected chi connectivity index (χ1v) is 6.85. The number of anilines is 1. The fourth-order valence-corrected chi connectivity index (χ4v) is 2.85. The number of methoxy groups -OCH3 is 1. The second-order valence-corrected chi connectivity index (χ2v) is 5.22. The largest absolute Gasteiger partial charge is 0.493 e. The number of benzene rings is 2. The van der Waals surface area contributed by atoms with Crippen LogP contribution in [-0.2, 0) is 10.5 Å². The van der Waals surface area contributed by atoms with E-state index in [-0.39, 0.29) is 17.0 Å². The van der Waals surface area contributed by atoms with E-state index in [0.29, 0.717) is 11.3 Å². The number of amides is 2. The van der Waals surface area contributed by atoms with Crippen LogP contribution in [0.5, 0.6) is 11.5 Å².